The first-order valence-electron chi connectivity index (χ1n) is 9.42. The quantitative estimate of drug-likeness (QED) is 0.744. The summed E-state index contributed by atoms with van der Waals surface area (Å²) in [5.74, 6) is 1.00. The first kappa shape index (κ1) is 19.3. The van der Waals surface area contributed by atoms with E-state index in [0.29, 0.717) is 19.6 Å². The Labute approximate surface area is 150 Å². The lowest BCUT2D eigenvalue weighted by molar-refractivity contribution is -0.126. The van der Waals surface area contributed by atoms with E-state index in [4.69, 9.17) is 4.74 Å². The zero-order valence-electron chi connectivity index (χ0n) is 15.6. The first-order chi connectivity index (χ1) is 12.1. The molecule has 1 aliphatic heterocycles. The molecule has 25 heavy (non-hydrogen) atoms. The minimum absolute atomic E-state index is 0.0528. The Bertz CT molecular complexity index is 565. The van der Waals surface area contributed by atoms with Crippen molar-refractivity contribution in [2.24, 2.45) is 5.92 Å². The van der Waals surface area contributed by atoms with Gasteiger partial charge in [0.1, 0.15) is 5.75 Å². The molecule has 138 valence electrons. The van der Waals surface area contributed by atoms with Crippen LogP contribution in [0.25, 0.3) is 0 Å². The Hall–Kier alpha value is -2.04. The molecule has 0 bridgehead atoms. The Morgan fingerprint density at radius 1 is 1.20 bits per heavy atom. The fourth-order valence-electron chi connectivity index (χ4n) is 3.37. The molecule has 0 aliphatic carbocycles. The van der Waals surface area contributed by atoms with Gasteiger partial charge in [-0.2, -0.15) is 0 Å². The first-order valence-corrected chi connectivity index (χ1v) is 9.42. The molecule has 0 radical (unpaired) electrons. The summed E-state index contributed by atoms with van der Waals surface area (Å²) in [6, 6.07) is 7.42. The van der Waals surface area contributed by atoms with Crippen LogP contribution >= 0.6 is 0 Å². The molecular formula is C20H30N2O3. The maximum absolute atomic E-state index is 12.5. The normalized spacial score (nSPS) is 17.2. The van der Waals surface area contributed by atoms with Crippen LogP contribution in [-0.4, -0.2) is 31.0 Å². The summed E-state index contributed by atoms with van der Waals surface area (Å²) < 4.78 is 5.44. The van der Waals surface area contributed by atoms with E-state index >= 15 is 0 Å². The minimum Gasteiger partial charge on any atom is -0.494 e. The summed E-state index contributed by atoms with van der Waals surface area (Å²) in [5, 5.41) is 3.08. The van der Waals surface area contributed by atoms with E-state index in [9.17, 15) is 9.59 Å². The lowest BCUT2D eigenvalue weighted by atomic mass is 9.97. The number of hydrogen-bond donors (Lipinski definition) is 1. The number of ether oxygens (including phenoxy) is 1. The number of benzene rings is 1. The van der Waals surface area contributed by atoms with Gasteiger partial charge in [0.25, 0.3) is 0 Å². The van der Waals surface area contributed by atoms with E-state index in [1.54, 1.807) is 4.90 Å². The summed E-state index contributed by atoms with van der Waals surface area (Å²) in [5.41, 5.74) is 0.851. The number of nitrogens with one attached hydrogen (secondary N) is 1. The van der Waals surface area contributed by atoms with Crippen molar-refractivity contribution >= 4 is 17.5 Å². The van der Waals surface area contributed by atoms with E-state index in [0.717, 1.165) is 37.1 Å². The second-order valence-electron chi connectivity index (χ2n) is 6.62. The topological polar surface area (TPSA) is 58.6 Å². The van der Waals surface area contributed by atoms with Gasteiger partial charge in [-0.15, -0.1) is 0 Å². The molecule has 2 amide bonds. The molecule has 5 heteroatoms. The predicted octanol–water partition coefficient (Wildman–Crippen LogP) is 3.52. The molecule has 1 saturated heterocycles. The highest BCUT2D eigenvalue weighted by atomic mass is 16.5. The van der Waals surface area contributed by atoms with Gasteiger partial charge in [-0.25, -0.2) is 0 Å². The van der Waals surface area contributed by atoms with Gasteiger partial charge in [0, 0.05) is 24.6 Å². The average molecular weight is 346 g/mol. The standard InChI is InChI=1S/C20H30N2O3/c1-4-7-15(8-5-2)20(24)21-16-13-19(23)22(14-16)17-9-11-18(12-10-17)25-6-3/h9-12,15-16H,4-8,13-14H2,1-3H3,(H,21,24). The molecule has 0 spiro atoms. The maximum Gasteiger partial charge on any atom is 0.229 e. The van der Waals surface area contributed by atoms with Crippen LogP contribution in [0.2, 0.25) is 0 Å². The van der Waals surface area contributed by atoms with Gasteiger partial charge in [-0.1, -0.05) is 26.7 Å². The number of hydrogen-bond acceptors (Lipinski definition) is 3. The zero-order chi connectivity index (χ0) is 18.2. The average Bonchev–Trinajstić information content (AvgIpc) is 2.96. The summed E-state index contributed by atoms with van der Waals surface area (Å²) in [4.78, 5) is 26.6. The molecule has 1 aromatic carbocycles. The molecule has 1 aromatic rings. The molecule has 1 unspecified atom stereocenters. The van der Waals surface area contributed by atoms with Crippen molar-refractivity contribution in [1.29, 1.82) is 0 Å². The number of anilines is 1. The highest BCUT2D eigenvalue weighted by Crippen LogP contribution is 2.25. The van der Waals surface area contributed by atoms with Gasteiger partial charge in [-0.05, 0) is 44.0 Å². The highest BCUT2D eigenvalue weighted by molar-refractivity contribution is 5.97. The molecule has 5 nitrogen and oxygen atoms in total. The van der Waals surface area contributed by atoms with Gasteiger partial charge in [-0.3, -0.25) is 9.59 Å². The number of amides is 2. The lowest BCUT2D eigenvalue weighted by Gasteiger charge is -2.20. The summed E-state index contributed by atoms with van der Waals surface area (Å²) in [6.07, 6.45) is 4.18. The smallest absolute Gasteiger partial charge is 0.229 e. The van der Waals surface area contributed by atoms with Crippen molar-refractivity contribution in [3.05, 3.63) is 24.3 Å². The fourth-order valence-corrected chi connectivity index (χ4v) is 3.37. The predicted molar refractivity (Wildman–Crippen MR) is 99.8 cm³/mol. The largest absolute Gasteiger partial charge is 0.494 e. The van der Waals surface area contributed by atoms with Crippen molar-refractivity contribution in [2.45, 2.75) is 58.9 Å². The van der Waals surface area contributed by atoms with Crippen LogP contribution in [0.4, 0.5) is 5.69 Å². The van der Waals surface area contributed by atoms with Crippen LogP contribution in [-0.2, 0) is 9.59 Å². The van der Waals surface area contributed by atoms with Crippen molar-refractivity contribution in [1.82, 2.24) is 5.32 Å². The zero-order valence-corrected chi connectivity index (χ0v) is 15.6. The van der Waals surface area contributed by atoms with Crippen LogP contribution < -0.4 is 15.0 Å². The molecule has 1 N–H and O–H groups in total. The number of nitrogens with zero attached hydrogens (tertiary/aromatic N) is 1. The van der Waals surface area contributed by atoms with E-state index < -0.39 is 0 Å². The van der Waals surface area contributed by atoms with Crippen LogP contribution in [0, 0.1) is 5.92 Å². The fraction of sp³-hybridized carbons (Fsp3) is 0.600. The number of carbonyl (C=O) groups is 2. The second-order valence-corrected chi connectivity index (χ2v) is 6.62. The highest BCUT2D eigenvalue weighted by Gasteiger charge is 2.32. The molecule has 1 atom stereocenters. The van der Waals surface area contributed by atoms with Gasteiger partial charge in [0.2, 0.25) is 11.8 Å². The van der Waals surface area contributed by atoms with E-state index in [1.165, 1.54) is 0 Å². The Morgan fingerprint density at radius 2 is 1.84 bits per heavy atom. The van der Waals surface area contributed by atoms with Crippen molar-refractivity contribution < 1.29 is 14.3 Å². The molecule has 0 aromatic heterocycles. The lowest BCUT2D eigenvalue weighted by Crippen LogP contribution is -2.40. The minimum atomic E-state index is -0.109. The summed E-state index contributed by atoms with van der Waals surface area (Å²) in [7, 11) is 0. The Balaban J connectivity index is 1.96. The Morgan fingerprint density at radius 3 is 2.40 bits per heavy atom. The van der Waals surface area contributed by atoms with Crippen LogP contribution in [0.3, 0.4) is 0 Å². The molecule has 1 fully saturated rings. The maximum atomic E-state index is 12.5. The SMILES string of the molecule is CCCC(CCC)C(=O)NC1CC(=O)N(c2ccc(OCC)cc2)C1. The van der Waals surface area contributed by atoms with Crippen molar-refractivity contribution in [3.8, 4) is 5.75 Å². The second kappa shape index (κ2) is 9.44. The van der Waals surface area contributed by atoms with Crippen LogP contribution in [0.5, 0.6) is 5.75 Å². The summed E-state index contributed by atoms with van der Waals surface area (Å²) in [6.45, 7) is 7.29. The molecule has 2 rings (SSSR count). The van der Waals surface area contributed by atoms with E-state index in [-0.39, 0.29) is 23.8 Å². The van der Waals surface area contributed by atoms with Crippen molar-refractivity contribution in [3.63, 3.8) is 0 Å². The van der Waals surface area contributed by atoms with Gasteiger partial charge >= 0.3 is 0 Å². The molecule has 1 aliphatic rings. The monoisotopic (exact) mass is 346 g/mol. The third kappa shape index (κ3) is 5.21. The van der Waals surface area contributed by atoms with Gasteiger partial charge in [0.15, 0.2) is 0 Å². The van der Waals surface area contributed by atoms with E-state index in [1.807, 2.05) is 31.2 Å². The third-order valence-corrected chi connectivity index (χ3v) is 4.58. The summed E-state index contributed by atoms with van der Waals surface area (Å²) >= 11 is 0. The van der Waals surface area contributed by atoms with Crippen LogP contribution in [0.15, 0.2) is 24.3 Å². The third-order valence-electron chi connectivity index (χ3n) is 4.58. The van der Waals surface area contributed by atoms with Gasteiger partial charge in [0.05, 0.1) is 12.6 Å². The van der Waals surface area contributed by atoms with Crippen LogP contribution in [0.1, 0.15) is 52.9 Å². The Kier molecular flexibility index (Phi) is 7.29. The molecule has 0 saturated carbocycles. The molecule has 1 heterocycles. The number of carbonyl (C=O) groups excluding carboxylic acids is 2. The number of rotatable bonds is 9. The molecular weight excluding hydrogens is 316 g/mol. The van der Waals surface area contributed by atoms with E-state index in [2.05, 4.69) is 19.2 Å². The van der Waals surface area contributed by atoms with Crippen molar-refractivity contribution in [2.75, 3.05) is 18.1 Å². The van der Waals surface area contributed by atoms with Gasteiger partial charge < -0.3 is 15.0 Å².